The van der Waals surface area contributed by atoms with Crippen molar-refractivity contribution in [3.63, 3.8) is 0 Å². The van der Waals surface area contributed by atoms with Crippen LogP contribution in [0, 0.1) is 0 Å². The van der Waals surface area contributed by atoms with Gasteiger partial charge in [0.05, 0.1) is 13.2 Å². The van der Waals surface area contributed by atoms with Crippen molar-refractivity contribution in [1.29, 1.82) is 0 Å². The van der Waals surface area contributed by atoms with Crippen molar-refractivity contribution in [1.82, 2.24) is 9.88 Å². The summed E-state index contributed by atoms with van der Waals surface area (Å²) in [6.45, 7) is 2.53. The average molecular weight is 615 g/mol. The lowest BCUT2D eigenvalue weighted by atomic mass is 9.95. The molecule has 3 aliphatic rings. The predicted molar refractivity (Wildman–Crippen MR) is 161 cm³/mol. The average Bonchev–Trinajstić information content (AvgIpc) is 3.64. The molecule has 2 aliphatic heterocycles. The molecule has 5 rings (SSSR count). The Bertz CT molecular complexity index is 1300. The SMILES string of the molecule is O=CCCOCCCCNc1cccc2c1C(O)N(C(C(=O)Nc1nccs1)C1=C(OC3CCCCO3)CCC(F)=C1)C2. The number of hydrogen-bond donors (Lipinski definition) is 3. The van der Waals surface area contributed by atoms with Gasteiger partial charge in [0.15, 0.2) is 11.4 Å². The lowest BCUT2D eigenvalue weighted by Gasteiger charge is -2.34. The number of aliphatic hydroxyl groups is 1. The first-order chi connectivity index (χ1) is 21.0. The highest BCUT2D eigenvalue weighted by atomic mass is 32.1. The second kappa shape index (κ2) is 15.5. The number of carbonyl (C=O) groups is 2. The lowest BCUT2D eigenvalue weighted by Crippen LogP contribution is -2.45. The summed E-state index contributed by atoms with van der Waals surface area (Å²) in [5.74, 6) is -0.274. The minimum absolute atomic E-state index is 0.172. The van der Waals surface area contributed by atoms with Crippen LogP contribution in [0.1, 0.15) is 68.7 Å². The molecule has 0 radical (unpaired) electrons. The molecule has 0 saturated carbocycles. The van der Waals surface area contributed by atoms with Crippen LogP contribution < -0.4 is 10.6 Å². The summed E-state index contributed by atoms with van der Waals surface area (Å²) in [6.07, 6.45) is 7.40. The first-order valence-corrected chi connectivity index (χ1v) is 15.8. The van der Waals surface area contributed by atoms with E-state index in [2.05, 4.69) is 15.6 Å². The van der Waals surface area contributed by atoms with Crippen molar-refractivity contribution >= 4 is 34.3 Å². The fraction of sp³-hybridized carbons (Fsp3) is 0.516. The van der Waals surface area contributed by atoms with Gasteiger partial charge < -0.3 is 34.7 Å². The number of fused-ring (bicyclic) bond motifs is 1. The van der Waals surface area contributed by atoms with Crippen LogP contribution in [0.25, 0.3) is 0 Å². The Hall–Kier alpha value is -3.16. The van der Waals surface area contributed by atoms with Gasteiger partial charge in [-0.3, -0.25) is 9.69 Å². The number of ether oxygens (including phenoxy) is 3. The van der Waals surface area contributed by atoms with E-state index in [0.29, 0.717) is 61.2 Å². The number of anilines is 2. The first-order valence-electron chi connectivity index (χ1n) is 14.9. The monoisotopic (exact) mass is 614 g/mol. The minimum atomic E-state index is -1.13. The summed E-state index contributed by atoms with van der Waals surface area (Å²) in [7, 11) is 0. The molecule has 1 fully saturated rings. The number of carbonyl (C=O) groups excluding carboxylic acids is 2. The third-order valence-electron chi connectivity index (χ3n) is 7.71. The number of nitrogens with one attached hydrogen (secondary N) is 2. The van der Waals surface area contributed by atoms with Crippen LogP contribution in [-0.4, -0.2) is 65.9 Å². The predicted octanol–water partition coefficient (Wildman–Crippen LogP) is 5.20. The van der Waals surface area contributed by atoms with Crippen LogP contribution in [0.5, 0.6) is 0 Å². The Morgan fingerprint density at radius 3 is 2.98 bits per heavy atom. The van der Waals surface area contributed by atoms with Crippen molar-refractivity contribution in [2.24, 2.45) is 0 Å². The molecule has 1 aliphatic carbocycles. The van der Waals surface area contributed by atoms with Gasteiger partial charge in [0.2, 0.25) is 5.91 Å². The summed E-state index contributed by atoms with van der Waals surface area (Å²) < 4.78 is 32.4. The molecule has 3 N–H and O–H groups in total. The highest BCUT2D eigenvalue weighted by molar-refractivity contribution is 7.13. The van der Waals surface area contributed by atoms with Gasteiger partial charge >= 0.3 is 0 Å². The van der Waals surface area contributed by atoms with Gasteiger partial charge in [-0.05, 0) is 43.4 Å². The zero-order chi connectivity index (χ0) is 30.0. The van der Waals surface area contributed by atoms with Gasteiger partial charge in [-0.1, -0.05) is 12.1 Å². The van der Waals surface area contributed by atoms with Crippen LogP contribution in [0.4, 0.5) is 15.2 Å². The third-order valence-corrected chi connectivity index (χ3v) is 8.39. The van der Waals surface area contributed by atoms with E-state index in [0.717, 1.165) is 49.6 Å². The molecule has 1 amide bonds. The Morgan fingerprint density at radius 2 is 2.19 bits per heavy atom. The smallest absolute Gasteiger partial charge is 0.248 e. The number of hydrogen-bond acceptors (Lipinski definition) is 10. The number of allylic oxidation sites excluding steroid dienone is 2. The summed E-state index contributed by atoms with van der Waals surface area (Å²) in [6, 6.07) is 4.70. The lowest BCUT2D eigenvalue weighted by molar-refractivity contribution is -0.142. The number of halogens is 1. The second-order valence-electron chi connectivity index (χ2n) is 10.7. The fourth-order valence-electron chi connectivity index (χ4n) is 5.63. The molecule has 232 valence electrons. The summed E-state index contributed by atoms with van der Waals surface area (Å²) in [4.78, 5) is 30.2. The number of rotatable bonds is 15. The van der Waals surface area contributed by atoms with Gasteiger partial charge in [-0.2, -0.15) is 0 Å². The summed E-state index contributed by atoms with van der Waals surface area (Å²) in [5.41, 5.74) is 2.72. The second-order valence-corrected chi connectivity index (χ2v) is 11.6. The van der Waals surface area contributed by atoms with Gasteiger partial charge in [-0.15, -0.1) is 11.3 Å². The number of aromatic nitrogens is 1. The Morgan fingerprint density at radius 1 is 1.28 bits per heavy atom. The van der Waals surface area contributed by atoms with E-state index < -0.39 is 24.5 Å². The van der Waals surface area contributed by atoms with Gasteiger partial charge in [-0.25, -0.2) is 9.37 Å². The van der Waals surface area contributed by atoms with Crippen LogP contribution in [0.3, 0.4) is 0 Å². The largest absolute Gasteiger partial charge is 0.469 e. The number of thiazole rings is 1. The normalized spacial score (nSPS) is 21.2. The van der Waals surface area contributed by atoms with Crippen LogP contribution in [0.15, 0.2) is 53.0 Å². The minimum Gasteiger partial charge on any atom is -0.469 e. The molecule has 0 bridgehead atoms. The number of aldehydes is 1. The van der Waals surface area contributed by atoms with Crippen molar-refractivity contribution in [2.45, 2.75) is 76.5 Å². The number of unbranched alkanes of at least 4 members (excludes halogenated alkanes) is 1. The number of aliphatic hydroxyl groups excluding tert-OH is 1. The molecule has 3 heterocycles. The summed E-state index contributed by atoms with van der Waals surface area (Å²) >= 11 is 1.28. The molecule has 1 aromatic heterocycles. The van der Waals surface area contributed by atoms with E-state index in [4.69, 9.17) is 14.2 Å². The first kappa shape index (κ1) is 31.3. The summed E-state index contributed by atoms with van der Waals surface area (Å²) in [5, 5.41) is 20.2. The van der Waals surface area contributed by atoms with E-state index in [-0.39, 0.29) is 18.8 Å². The van der Waals surface area contributed by atoms with Gasteiger partial charge in [0, 0.05) is 73.8 Å². The zero-order valence-corrected chi connectivity index (χ0v) is 25.0. The topological polar surface area (TPSA) is 122 Å². The van der Waals surface area contributed by atoms with Crippen LogP contribution in [-0.2, 0) is 30.3 Å². The van der Waals surface area contributed by atoms with Crippen molar-refractivity contribution in [2.75, 3.05) is 37.0 Å². The molecule has 43 heavy (non-hydrogen) atoms. The van der Waals surface area contributed by atoms with Crippen molar-refractivity contribution in [3.05, 3.63) is 64.1 Å². The van der Waals surface area contributed by atoms with E-state index in [9.17, 15) is 19.1 Å². The molecule has 1 aromatic carbocycles. The third kappa shape index (κ3) is 8.07. The number of benzene rings is 1. The Balaban J connectivity index is 1.37. The molecule has 1 saturated heterocycles. The van der Waals surface area contributed by atoms with Gasteiger partial charge in [0.1, 0.15) is 30.1 Å². The molecular formula is C31H39FN4O6S. The molecule has 3 atom stereocenters. The molecule has 3 unspecified atom stereocenters. The number of nitrogens with zero attached hydrogens (tertiary/aromatic N) is 2. The van der Waals surface area contributed by atoms with E-state index in [1.807, 2.05) is 18.2 Å². The maximum atomic E-state index is 14.9. The standard InChI is InChI=1S/C31H39FN4O6S/c32-22-10-11-25(42-26-9-1-3-17-41-26)23(19-22)28(29(38)35-31-34-13-18-43-31)36-20-21-7-5-8-24(27(21)30(36)39)33-12-2-4-15-40-16-6-14-37/h5,7-8,13-14,18-19,26,28,30,33,39H,1-4,6,9-12,15-17,20H2,(H,34,35,38). The number of amides is 1. The molecular weight excluding hydrogens is 575 g/mol. The maximum Gasteiger partial charge on any atom is 0.248 e. The van der Waals surface area contributed by atoms with Crippen molar-refractivity contribution < 1.29 is 33.3 Å². The fourth-order valence-corrected chi connectivity index (χ4v) is 6.16. The van der Waals surface area contributed by atoms with Crippen LogP contribution >= 0.6 is 11.3 Å². The van der Waals surface area contributed by atoms with Gasteiger partial charge in [0.25, 0.3) is 0 Å². The van der Waals surface area contributed by atoms with Crippen molar-refractivity contribution in [3.8, 4) is 0 Å². The molecule has 10 nitrogen and oxygen atoms in total. The molecule has 0 spiro atoms. The molecule has 2 aromatic rings. The maximum absolute atomic E-state index is 14.9. The van der Waals surface area contributed by atoms with E-state index in [1.165, 1.54) is 17.4 Å². The Labute approximate surface area is 254 Å². The highest BCUT2D eigenvalue weighted by Crippen LogP contribution is 2.42. The Kier molecular flexibility index (Phi) is 11.3. The van der Waals surface area contributed by atoms with E-state index >= 15 is 0 Å². The molecule has 12 heteroatoms. The highest BCUT2D eigenvalue weighted by Gasteiger charge is 2.42. The zero-order valence-electron chi connectivity index (χ0n) is 24.1. The van der Waals surface area contributed by atoms with Crippen LogP contribution in [0.2, 0.25) is 0 Å². The van der Waals surface area contributed by atoms with E-state index in [1.54, 1.807) is 16.5 Å². The quantitative estimate of drug-likeness (QED) is 0.184.